The quantitative estimate of drug-likeness (QED) is 0.488. The van der Waals surface area contributed by atoms with Crippen LogP contribution in [0.4, 0.5) is 4.79 Å². The fourth-order valence-corrected chi connectivity index (χ4v) is 2.32. The van der Waals surface area contributed by atoms with Crippen molar-refractivity contribution in [2.24, 2.45) is 0 Å². The smallest absolute Gasteiger partial charge is 0.408 e. The fourth-order valence-electron chi connectivity index (χ4n) is 2.32. The van der Waals surface area contributed by atoms with Gasteiger partial charge in [0.25, 0.3) is 5.91 Å². The summed E-state index contributed by atoms with van der Waals surface area (Å²) in [6, 6.07) is 16.2. The highest BCUT2D eigenvalue weighted by molar-refractivity contribution is 5.85. The molecule has 0 radical (unpaired) electrons. The van der Waals surface area contributed by atoms with Crippen molar-refractivity contribution < 1.29 is 24.2 Å². The van der Waals surface area contributed by atoms with Gasteiger partial charge in [0.2, 0.25) is 0 Å². The molecule has 0 fully saturated rings. The number of alkyl carbamates (subject to hydrolysis) is 1. The second kappa shape index (κ2) is 10.7. The Bertz CT molecular complexity index is 783. The third-order valence-electron chi connectivity index (χ3n) is 3.89. The molecule has 4 N–H and O–H groups in total. The standard InChI is InChI=1S/C20H23N3O5/c1-14(21-20(27)28-13-16-10-6-3-7-11-16)18(24)23-22-17(19(25)26)12-15-8-4-2-5-9-15/h2-11,14,17,22H,12-13H2,1H3,(H,21,27)(H,23,24)(H,25,26)/t14-,17-/m0/s1. The van der Waals surface area contributed by atoms with Crippen molar-refractivity contribution in [3.05, 3.63) is 71.8 Å². The number of benzene rings is 2. The molecule has 0 spiro atoms. The van der Waals surface area contributed by atoms with Gasteiger partial charge in [0.05, 0.1) is 0 Å². The number of carboxylic acid groups (broad SMARTS) is 1. The molecule has 0 aliphatic rings. The van der Waals surface area contributed by atoms with Crippen molar-refractivity contribution in [3.8, 4) is 0 Å². The Morgan fingerprint density at radius 2 is 1.54 bits per heavy atom. The van der Waals surface area contributed by atoms with Crippen LogP contribution in [0.5, 0.6) is 0 Å². The maximum atomic E-state index is 12.1. The van der Waals surface area contributed by atoms with Crippen LogP contribution < -0.4 is 16.2 Å². The van der Waals surface area contributed by atoms with Gasteiger partial charge in [-0.05, 0) is 18.1 Å². The Hall–Kier alpha value is -3.39. The Labute approximate surface area is 162 Å². The molecule has 28 heavy (non-hydrogen) atoms. The number of rotatable bonds is 9. The summed E-state index contributed by atoms with van der Waals surface area (Å²) in [6.07, 6.45) is -0.553. The van der Waals surface area contributed by atoms with Crippen molar-refractivity contribution in [1.82, 2.24) is 16.2 Å². The van der Waals surface area contributed by atoms with Gasteiger partial charge in [-0.3, -0.25) is 15.0 Å². The molecule has 0 saturated heterocycles. The predicted molar refractivity (Wildman–Crippen MR) is 102 cm³/mol. The van der Waals surface area contributed by atoms with Crippen LogP contribution in [0, 0.1) is 0 Å². The molecule has 0 bridgehead atoms. The molecule has 0 heterocycles. The van der Waals surface area contributed by atoms with Crippen molar-refractivity contribution in [1.29, 1.82) is 0 Å². The summed E-state index contributed by atoms with van der Waals surface area (Å²) < 4.78 is 5.05. The van der Waals surface area contributed by atoms with E-state index in [9.17, 15) is 19.5 Å². The fraction of sp³-hybridized carbons (Fsp3) is 0.250. The average molecular weight is 385 g/mol. The number of carboxylic acids is 1. The lowest BCUT2D eigenvalue weighted by Crippen LogP contribution is -2.54. The van der Waals surface area contributed by atoms with Gasteiger partial charge in [0.15, 0.2) is 0 Å². The summed E-state index contributed by atoms with van der Waals surface area (Å²) in [7, 11) is 0. The van der Waals surface area contributed by atoms with Crippen LogP contribution in [0.2, 0.25) is 0 Å². The Kier molecular flexibility index (Phi) is 7.98. The summed E-state index contributed by atoms with van der Waals surface area (Å²) in [5.74, 6) is -1.69. The Balaban J connectivity index is 1.76. The van der Waals surface area contributed by atoms with Crippen LogP contribution in [0.3, 0.4) is 0 Å². The van der Waals surface area contributed by atoms with Gasteiger partial charge in [-0.15, -0.1) is 0 Å². The van der Waals surface area contributed by atoms with Crippen molar-refractivity contribution >= 4 is 18.0 Å². The van der Waals surface area contributed by atoms with E-state index in [-0.39, 0.29) is 13.0 Å². The topological polar surface area (TPSA) is 117 Å². The van der Waals surface area contributed by atoms with Crippen LogP contribution in [-0.4, -0.2) is 35.2 Å². The van der Waals surface area contributed by atoms with Crippen molar-refractivity contribution in [2.75, 3.05) is 0 Å². The van der Waals surface area contributed by atoms with Gasteiger partial charge in [0, 0.05) is 6.42 Å². The van der Waals surface area contributed by atoms with Crippen LogP contribution in [0.1, 0.15) is 18.1 Å². The zero-order valence-corrected chi connectivity index (χ0v) is 15.4. The van der Waals surface area contributed by atoms with Gasteiger partial charge in [-0.2, -0.15) is 0 Å². The maximum absolute atomic E-state index is 12.1. The lowest BCUT2D eigenvalue weighted by molar-refractivity contribution is -0.140. The lowest BCUT2D eigenvalue weighted by atomic mass is 10.1. The number of hydrogen-bond acceptors (Lipinski definition) is 5. The van der Waals surface area contributed by atoms with Crippen LogP contribution in [0.15, 0.2) is 60.7 Å². The molecular weight excluding hydrogens is 362 g/mol. The number of amides is 2. The average Bonchev–Trinajstić information content (AvgIpc) is 2.70. The number of hydrogen-bond donors (Lipinski definition) is 4. The summed E-state index contributed by atoms with van der Waals surface area (Å²) in [4.78, 5) is 35.3. The minimum atomic E-state index is -1.10. The van der Waals surface area contributed by atoms with Crippen molar-refractivity contribution in [3.63, 3.8) is 0 Å². The van der Waals surface area contributed by atoms with E-state index in [1.54, 1.807) is 24.3 Å². The molecular formula is C20H23N3O5. The van der Waals surface area contributed by atoms with Crippen molar-refractivity contribution in [2.45, 2.75) is 32.0 Å². The summed E-state index contributed by atoms with van der Waals surface area (Å²) in [5.41, 5.74) is 6.44. The van der Waals surface area contributed by atoms with Gasteiger partial charge < -0.3 is 15.2 Å². The number of ether oxygens (including phenoxy) is 1. The maximum Gasteiger partial charge on any atom is 0.408 e. The van der Waals surface area contributed by atoms with E-state index >= 15 is 0 Å². The minimum Gasteiger partial charge on any atom is -0.480 e. The van der Waals surface area contributed by atoms with E-state index in [1.165, 1.54) is 6.92 Å². The van der Waals surface area contributed by atoms with Gasteiger partial charge >= 0.3 is 12.1 Å². The predicted octanol–water partition coefficient (Wildman–Crippen LogP) is 1.62. The molecule has 2 aromatic rings. The largest absolute Gasteiger partial charge is 0.480 e. The van der Waals surface area contributed by atoms with Crippen LogP contribution >= 0.6 is 0 Å². The molecule has 2 rings (SSSR count). The SMILES string of the molecule is C[C@H](NC(=O)OCc1ccccc1)C(=O)NN[C@@H](Cc1ccccc1)C(=O)O. The molecule has 0 aromatic heterocycles. The molecule has 0 aliphatic heterocycles. The zero-order chi connectivity index (χ0) is 20.4. The van der Waals surface area contributed by atoms with E-state index in [0.717, 1.165) is 11.1 Å². The van der Waals surface area contributed by atoms with Gasteiger partial charge in [-0.25, -0.2) is 10.2 Å². The molecule has 148 valence electrons. The molecule has 0 unspecified atom stereocenters. The second-order valence-electron chi connectivity index (χ2n) is 6.14. The molecule has 2 atom stereocenters. The zero-order valence-electron chi connectivity index (χ0n) is 15.4. The van der Waals surface area contributed by atoms with E-state index in [0.29, 0.717) is 0 Å². The third-order valence-corrected chi connectivity index (χ3v) is 3.89. The van der Waals surface area contributed by atoms with E-state index in [2.05, 4.69) is 16.2 Å². The van der Waals surface area contributed by atoms with Crippen LogP contribution in [-0.2, 0) is 27.4 Å². The lowest BCUT2D eigenvalue weighted by Gasteiger charge is -2.18. The molecule has 2 aromatic carbocycles. The first-order chi connectivity index (χ1) is 13.5. The monoisotopic (exact) mass is 385 g/mol. The number of aliphatic carboxylic acids is 1. The van der Waals surface area contributed by atoms with Gasteiger partial charge in [0.1, 0.15) is 18.7 Å². The minimum absolute atomic E-state index is 0.0808. The number of carbonyl (C=O) groups is 3. The Morgan fingerprint density at radius 1 is 0.964 bits per heavy atom. The van der Waals surface area contributed by atoms with E-state index in [1.807, 2.05) is 36.4 Å². The highest BCUT2D eigenvalue weighted by Crippen LogP contribution is 2.03. The second-order valence-corrected chi connectivity index (χ2v) is 6.14. The summed E-state index contributed by atoms with van der Waals surface area (Å²) in [5, 5.41) is 11.7. The highest BCUT2D eigenvalue weighted by Gasteiger charge is 2.21. The molecule has 0 aliphatic carbocycles. The Morgan fingerprint density at radius 3 is 2.11 bits per heavy atom. The first-order valence-corrected chi connectivity index (χ1v) is 8.75. The highest BCUT2D eigenvalue weighted by atomic mass is 16.5. The first kappa shape index (κ1) is 20.9. The summed E-state index contributed by atoms with van der Waals surface area (Å²) in [6.45, 7) is 1.55. The van der Waals surface area contributed by atoms with E-state index in [4.69, 9.17) is 4.74 Å². The van der Waals surface area contributed by atoms with Gasteiger partial charge in [-0.1, -0.05) is 60.7 Å². The number of hydrazine groups is 1. The molecule has 8 nitrogen and oxygen atoms in total. The molecule has 0 saturated carbocycles. The number of nitrogens with one attached hydrogen (secondary N) is 3. The van der Waals surface area contributed by atoms with Crippen LogP contribution in [0.25, 0.3) is 0 Å². The normalized spacial score (nSPS) is 12.5. The number of carbonyl (C=O) groups excluding carboxylic acids is 2. The van der Waals surface area contributed by atoms with E-state index < -0.39 is 30.1 Å². The summed E-state index contributed by atoms with van der Waals surface area (Å²) >= 11 is 0. The first-order valence-electron chi connectivity index (χ1n) is 8.75. The third kappa shape index (κ3) is 7.08. The molecule has 2 amide bonds. The molecule has 8 heteroatoms.